The third-order valence-corrected chi connectivity index (χ3v) is 7.56. The Labute approximate surface area is 232 Å². The van der Waals surface area contributed by atoms with Crippen LogP contribution in [-0.2, 0) is 28.3 Å². The Morgan fingerprint density at radius 1 is 0.861 bits per heavy atom. The van der Waals surface area contributed by atoms with Crippen molar-refractivity contribution >= 4 is 58.4 Å². The summed E-state index contributed by atoms with van der Waals surface area (Å²) in [5.41, 5.74) is 2.53. The van der Waals surface area contributed by atoms with E-state index < -0.39 is 6.04 Å². The van der Waals surface area contributed by atoms with Gasteiger partial charge in [-0.15, -0.1) is 11.8 Å². The number of carbonyl (C=O) groups is 2. The largest absolute Gasteiger partial charge is 0.352 e. The Balaban J connectivity index is 1.88. The summed E-state index contributed by atoms with van der Waals surface area (Å²) < 4.78 is 0. The minimum absolute atomic E-state index is 0.0650. The zero-order valence-corrected chi connectivity index (χ0v) is 23.3. The molecule has 4 nitrogen and oxygen atoms in total. The van der Waals surface area contributed by atoms with Crippen molar-refractivity contribution in [1.82, 2.24) is 10.2 Å². The first-order valence-corrected chi connectivity index (χ1v) is 13.9. The van der Waals surface area contributed by atoms with Crippen molar-refractivity contribution in [2.75, 3.05) is 5.75 Å². The summed E-state index contributed by atoms with van der Waals surface area (Å²) in [5.74, 6) is 0.272. The number of nitrogens with one attached hydrogen (secondary N) is 1. The predicted octanol–water partition coefficient (Wildman–Crippen LogP) is 7.04. The van der Waals surface area contributed by atoms with E-state index in [0.717, 1.165) is 16.7 Å². The first-order valence-electron chi connectivity index (χ1n) is 11.6. The molecule has 8 heteroatoms. The van der Waals surface area contributed by atoms with Crippen molar-refractivity contribution in [2.24, 2.45) is 0 Å². The maximum absolute atomic E-state index is 13.7. The van der Waals surface area contributed by atoms with Crippen molar-refractivity contribution in [3.8, 4) is 0 Å². The van der Waals surface area contributed by atoms with E-state index in [1.165, 1.54) is 11.8 Å². The maximum Gasteiger partial charge on any atom is 0.243 e. The summed E-state index contributed by atoms with van der Waals surface area (Å²) in [5, 5.41) is 4.66. The average molecular weight is 564 g/mol. The van der Waals surface area contributed by atoms with Crippen molar-refractivity contribution < 1.29 is 9.59 Å². The highest BCUT2D eigenvalue weighted by Gasteiger charge is 2.31. The van der Waals surface area contributed by atoms with Gasteiger partial charge in [0.1, 0.15) is 6.04 Å². The normalized spacial score (nSPS) is 11.8. The van der Waals surface area contributed by atoms with Gasteiger partial charge in [0.25, 0.3) is 0 Å². The van der Waals surface area contributed by atoms with Gasteiger partial charge in [-0.05, 0) is 48.7 Å². The fourth-order valence-corrected chi connectivity index (χ4v) is 5.58. The molecule has 0 spiro atoms. The molecule has 0 bridgehead atoms. The van der Waals surface area contributed by atoms with Crippen molar-refractivity contribution in [2.45, 2.75) is 44.6 Å². The van der Waals surface area contributed by atoms with Crippen LogP contribution in [0, 0.1) is 0 Å². The number of halogens is 3. The number of nitrogens with zero attached hydrogens (tertiary/aromatic N) is 1. The number of hydrogen-bond donors (Lipinski definition) is 1. The van der Waals surface area contributed by atoms with E-state index in [-0.39, 0.29) is 30.2 Å². The van der Waals surface area contributed by atoms with Crippen molar-refractivity contribution in [3.05, 3.63) is 105 Å². The van der Waals surface area contributed by atoms with Gasteiger partial charge in [0.15, 0.2) is 0 Å². The average Bonchev–Trinajstić information content (AvgIpc) is 2.84. The predicted molar refractivity (Wildman–Crippen MR) is 152 cm³/mol. The molecule has 3 aromatic carbocycles. The molecule has 0 aromatic heterocycles. The molecular formula is C28H29Cl3N2O2S. The summed E-state index contributed by atoms with van der Waals surface area (Å²) in [6, 6.07) is 21.7. The Hall–Kier alpha value is -2.18. The maximum atomic E-state index is 13.7. The molecule has 1 N–H and O–H groups in total. The molecule has 36 heavy (non-hydrogen) atoms. The highest BCUT2D eigenvalue weighted by molar-refractivity contribution is 7.99. The fourth-order valence-electron chi connectivity index (χ4n) is 3.74. The van der Waals surface area contributed by atoms with Crippen LogP contribution >= 0.6 is 46.6 Å². The highest BCUT2D eigenvalue weighted by Crippen LogP contribution is 2.29. The second-order valence-corrected chi connectivity index (χ2v) is 10.9. The minimum atomic E-state index is -0.705. The lowest BCUT2D eigenvalue weighted by atomic mass is 10.0. The first kappa shape index (κ1) is 28.4. The summed E-state index contributed by atoms with van der Waals surface area (Å²) >= 11 is 20.5. The monoisotopic (exact) mass is 562 g/mol. The minimum Gasteiger partial charge on any atom is -0.352 e. The van der Waals surface area contributed by atoms with E-state index in [1.807, 2.05) is 62.4 Å². The van der Waals surface area contributed by atoms with Gasteiger partial charge in [-0.3, -0.25) is 9.59 Å². The van der Waals surface area contributed by atoms with Crippen LogP contribution in [0.15, 0.2) is 72.8 Å². The number of rotatable bonds is 11. The number of carbonyl (C=O) groups excluding carboxylic acids is 2. The van der Waals surface area contributed by atoms with E-state index in [9.17, 15) is 9.59 Å². The summed E-state index contributed by atoms with van der Waals surface area (Å²) in [6.07, 6.45) is 0.386. The topological polar surface area (TPSA) is 49.4 Å². The molecule has 1 atom stereocenters. The Morgan fingerprint density at radius 3 is 2.11 bits per heavy atom. The van der Waals surface area contributed by atoms with Crippen LogP contribution in [0.4, 0.5) is 0 Å². The van der Waals surface area contributed by atoms with Crippen molar-refractivity contribution in [3.63, 3.8) is 0 Å². The molecular weight excluding hydrogens is 535 g/mol. The molecule has 0 saturated heterocycles. The number of amides is 2. The second-order valence-electron chi connectivity index (χ2n) is 8.67. The van der Waals surface area contributed by atoms with Gasteiger partial charge in [0.05, 0.1) is 5.75 Å². The second kappa shape index (κ2) is 13.9. The summed E-state index contributed by atoms with van der Waals surface area (Å²) in [7, 11) is 0. The SMILES string of the molecule is CC(C)NC(=O)[C@H](Cc1ccccc1)N(Cc1ccccc1Cl)C(=O)CSCc1c(Cl)cccc1Cl. The molecule has 0 heterocycles. The standard InChI is InChI=1S/C28H29Cl3N2O2S/c1-19(2)32-28(35)26(15-20-9-4-3-5-10-20)33(16-21-11-6-7-12-23(21)29)27(34)18-36-17-22-24(30)13-8-14-25(22)31/h3-14,19,26H,15-18H2,1-2H3,(H,32,35)/t26-/m0/s1. The van der Waals surface area contributed by atoms with Crippen LogP contribution in [0.25, 0.3) is 0 Å². The number of thioether (sulfide) groups is 1. The molecule has 0 radical (unpaired) electrons. The molecule has 190 valence electrons. The number of hydrogen-bond acceptors (Lipinski definition) is 3. The van der Waals surface area contributed by atoms with E-state index in [0.29, 0.717) is 27.2 Å². The van der Waals surface area contributed by atoms with E-state index in [2.05, 4.69) is 5.32 Å². The van der Waals surface area contributed by atoms with Crippen LogP contribution in [0.2, 0.25) is 15.1 Å². The van der Waals surface area contributed by atoms with E-state index in [1.54, 1.807) is 29.2 Å². The molecule has 0 aliphatic heterocycles. The van der Waals surface area contributed by atoms with Gasteiger partial charge >= 0.3 is 0 Å². The third-order valence-electron chi connectivity index (χ3n) is 5.53. The van der Waals surface area contributed by atoms with Crippen LogP contribution in [0.3, 0.4) is 0 Å². The van der Waals surface area contributed by atoms with Gasteiger partial charge in [-0.1, -0.05) is 89.4 Å². The zero-order valence-electron chi connectivity index (χ0n) is 20.2. The smallest absolute Gasteiger partial charge is 0.243 e. The number of benzene rings is 3. The lowest BCUT2D eigenvalue weighted by molar-refractivity contribution is -0.139. The van der Waals surface area contributed by atoms with Gasteiger partial charge in [-0.25, -0.2) is 0 Å². The molecule has 3 rings (SSSR count). The van der Waals surface area contributed by atoms with Crippen molar-refractivity contribution in [1.29, 1.82) is 0 Å². The van der Waals surface area contributed by atoms with Crippen LogP contribution in [-0.4, -0.2) is 34.6 Å². The molecule has 0 aliphatic rings. The van der Waals surface area contributed by atoms with Gasteiger partial charge < -0.3 is 10.2 Å². The quantitative estimate of drug-likeness (QED) is 0.272. The lowest BCUT2D eigenvalue weighted by Crippen LogP contribution is -2.52. The van der Waals surface area contributed by atoms with Gasteiger partial charge in [0, 0.05) is 39.8 Å². The molecule has 3 aromatic rings. The molecule has 0 unspecified atom stereocenters. The van der Waals surface area contributed by atoms with Gasteiger partial charge in [0.2, 0.25) is 11.8 Å². The van der Waals surface area contributed by atoms with Gasteiger partial charge in [-0.2, -0.15) is 0 Å². The molecule has 0 fully saturated rings. The molecule has 0 aliphatic carbocycles. The van der Waals surface area contributed by atoms with E-state index in [4.69, 9.17) is 34.8 Å². The Kier molecular flexibility index (Phi) is 11.0. The fraction of sp³-hybridized carbons (Fsp3) is 0.286. The Morgan fingerprint density at radius 2 is 1.47 bits per heavy atom. The third kappa shape index (κ3) is 8.17. The first-order chi connectivity index (χ1) is 17.3. The van der Waals surface area contributed by atoms with Crippen LogP contribution in [0.5, 0.6) is 0 Å². The highest BCUT2D eigenvalue weighted by atomic mass is 35.5. The Bertz CT molecular complexity index is 1150. The molecule has 2 amide bonds. The summed E-state index contributed by atoms with van der Waals surface area (Å²) in [4.78, 5) is 28.7. The molecule has 0 saturated carbocycles. The summed E-state index contributed by atoms with van der Waals surface area (Å²) in [6.45, 7) is 4.02. The van der Waals surface area contributed by atoms with Crippen LogP contribution in [0.1, 0.15) is 30.5 Å². The lowest BCUT2D eigenvalue weighted by Gasteiger charge is -2.32. The van der Waals surface area contributed by atoms with E-state index >= 15 is 0 Å². The van der Waals surface area contributed by atoms with Crippen LogP contribution < -0.4 is 5.32 Å². The zero-order chi connectivity index (χ0) is 26.1.